The van der Waals surface area contributed by atoms with Crippen LogP contribution >= 0.6 is 0 Å². The van der Waals surface area contributed by atoms with Crippen molar-refractivity contribution in [1.82, 2.24) is 0 Å². The van der Waals surface area contributed by atoms with Gasteiger partial charge in [-0.3, -0.25) is 0 Å². The first-order chi connectivity index (χ1) is 13.2. The number of nitrogens with zero attached hydrogens (tertiary/aromatic N) is 2. The monoisotopic (exact) mass is 404 g/mol. The van der Waals surface area contributed by atoms with Gasteiger partial charge in [0.25, 0.3) is 0 Å². The number of aliphatic imine (C=N–C) groups is 1. The average molecular weight is 404 g/mol. The molecular weight excluding hydrogens is 382 g/mol. The molecule has 7 heteroatoms. The molecule has 2 aromatic carbocycles. The van der Waals surface area contributed by atoms with Crippen LogP contribution in [0.1, 0.15) is 35.6 Å². The Morgan fingerprint density at radius 2 is 1.71 bits per heavy atom. The Bertz CT molecular complexity index is 1040. The van der Waals surface area contributed by atoms with Crippen LogP contribution in [0.25, 0.3) is 0 Å². The van der Waals surface area contributed by atoms with Gasteiger partial charge in [-0.05, 0) is 48.7 Å². The molecule has 28 heavy (non-hydrogen) atoms. The highest BCUT2D eigenvalue weighted by Crippen LogP contribution is 2.29. The van der Waals surface area contributed by atoms with Crippen molar-refractivity contribution in [2.45, 2.75) is 31.8 Å². The maximum Gasteiger partial charge on any atom is 0.158 e. The lowest BCUT2D eigenvalue weighted by atomic mass is 10.1. The lowest BCUT2D eigenvalue weighted by Gasteiger charge is -2.28. The molecule has 0 bridgehead atoms. The largest absolute Gasteiger partial charge is 0.326 e. The van der Waals surface area contributed by atoms with E-state index in [1.165, 1.54) is 6.92 Å². The highest BCUT2D eigenvalue weighted by atomic mass is 32.2. The highest BCUT2D eigenvalue weighted by molar-refractivity contribution is 7.89. The molecule has 1 heterocycles. The van der Waals surface area contributed by atoms with Crippen molar-refractivity contribution in [3.8, 4) is 0 Å². The lowest BCUT2D eigenvalue weighted by molar-refractivity contribution is 0.565. The van der Waals surface area contributed by atoms with Crippen LogP contribution in [0.5, 0.6) is 0 Å². The molecule has 0 amide bonds. The molecule has 0 atom stereocenters. The number of sulfone groups is 1. The third kappa shape index (κ3) is 4.30. The van der Waals surface area contributed by atoms with E-state index in [0.717, 1.165) is 36.3 Å². The Morgan fingerprint density at radius 3 is 2.36 bits per heavy atom. The van der Waals surface area contributed by atoms with E-state index in [-0.39, 0.29) is 16.9 Å². The summed E-state index contributed by atoms with van der Waals surface area (Å²) < 4.78 is 52.5. The molecular formula is C21H22F2N2O2S. The maximum atomic E-state index is 13.7. The Morgan fingerprint density at radius 1 is 1.07 bits per heavy atom. The second-order valence-electron chi connectivity index (χ2n) is 6.94. The van der Waals surface area contributed by atoms with Crippen LogP contribution in [0.3, 0.4) is 0 Å². The van der Waals surface area contributed by atoms with Crippen LogP contribution in [0.4, 0.5) is 14.5 Å². The van der Waals surface area contributed by atoms with Gasteiger partial charge in [0.2, 0.25) is 0 Å². The quantitative estimate of drug-likeness (QED) is 0.712. The number of rotatable bonds is 6. The zero-order valence-electron chi connectivity index (χ0n) is 15.9. The molecule has 0 radical (unpaired) electrons. The van der Waals surface area contributed by atoms with Crippen LogP contribution in [0, 0.1) is 18.6 Å². The van der Waals surface area contributed by atoms with E-state index in [2.05, 4.69) is 18.5 Å². The van der Waals surface area contributed by atoms with Crippen molar-refractivity contribution in [2.75, 3.05) is 11.4 Å². The fourth-order valence-electron chi connectivity index (χ4n) is 3.21. The summed E-state index contributed by atoms with van der Waals surface area (Å²) in [6, 6.07) is 7.54. The first-order valence-electron chi connectivity index (χ1n) is 8.98. The molecule has 4 nitrogen and oxygen atoms in total. The van der Waals surface area contributed by atoms with Crippen molar-refractivity contribution in [3.63, 3.8) is 0 Å². The van der Waals surface area contributed by atoms with Gasteiger partial charge in [-0.2, -0.15) is 0 Å². The van der Waals surface area contributed by atoms with Crippen LogP contribution in [0.2, 0.25) is 0 Å². The number of fused-ring (bicyclic) bond motifs is 1. The molecule has 1 aliphatic heterocycles. The molecule has 148 valence electrons. The Hall–Kier alpha value is -2.54. The van der Waals surface area contributed by atoms with Gasteiger partial charge in [0.15, 0.2) is 9.84 Å². The predicted octanol–water partition coefficient (Wildman–Crippen LogP) is 4.51. The van der Waals surface area contributed by atoms with Gasteiger partial charge >= 0.3 is 0 Å². The van der Waals surface area contributed by atoms with E-state index in [4.69, 9.17) is 0 Å². The van der Waals surface area contributed by atoms with E-state index in [0.29, 0.717) is 11.4 Å². The van der Waals surface area contributed by atoms with Crippen LogP contribution in [0.15, 0.2) is 47.7 Å². The molecule has 3 rings (SSSR count). The first-order valence-corrected chi connectivity index (χ1v) is 10.8. The van der Waals surface area contributed by atoms with E-state index >= 15 is 0 Å². The number of benzene rings is 2. The molecule has 2 aromatic rings. The third-order valence-corrected chi connectivity index (χ3v) is 6.15. The van der Waals surface area contributed by atoms with Crippen molar-refractivity contribution in [3.05, 3.63) is 76.6 Å². The van der Waals surface area contributed by atoms with E-state index < -0.39 is 27.2 Å². The smallest absolute Gasteiger partial charge is 0.158 e. The predicted molar refractivity (Wildman–Crippen MR) is 108 cm³/mol. The Labute approximate surface area is 164 Å². The summed E-state index contributed by atoms with van der Waals surface area (Å²) in [7, 11) is -3.60. The summed E-state index contributed by atoms with van der Waals surface area (Å²) in [6.45, 7) is 8.07. The Balaban J connectivity index is 1.82. The molecule has 0 fully saturated rings. The molecule has 0 spiro atoms. The summed E-state index contributed by atoms with van der Waals surface area (Å²) in [5.41, 5.74) is 2.34. The van der Waals surface area contributed by atoms with Gasteiger partial charge in [-0.25, -0.2) is 22.2 Å². The second-order valence-corrected chi connectivity index (χ2v) is 9.00. The molecule has 0 unspecified atom stereocenters. The SMILES string of the molecule is C=C1N=Cc2cc(CS(=O)(=O)Cc3cc(F)c(C)c(F)c3)ccc2N1CCC. The van der Waals surface area contributed by atoms with Gasteiger partial charge in [-0.1, -0.05) is 19.6 Å². The minimum Gasteiger partial charge on any atom is -0.326 e. The minimum atomic E-state index is -3.60. The third-order valence-electron chi connectivity index (χ3n) is 4.61. The summed E-state index contributed by atoms with van der Waals surface area (Å²) in [5.74, 6) is -1.48. The maximum absolute atomic E-state index is 13.7. The molecule has 0 N–H and O–H groups in total. The number of anilines is 1. The Kier molecular flexibility index (Phi) is 5.65. The minimum absolute atomic E-state index is 0.102. The fraction of sp³-hybridized carbons (Fsp3) is 0.286. The first kappa shape index (κ1) is 20.2. The molecule has 1 aliphatic rings. The molecule has 0 saturated heterocycles. The van der Waals surface area contributed by atoms with Crippen molar-refractivity contribution >= 4 is 21.7 Å². The normalized spacial score (nSPS) is 13.7. The van der Waals surface area contributed by atoms with Crippen LogP contribution in [-0.4, -0.2) is 21.2 Å². The van der Waals surface area contributed by atoms with Crippen molar-refractivity contribution in [1.29, 1.82) is 0 Å². The van der Waals surface area contributed by atoms with Gasteiger partial charge in [0.1, 0.15) is 17.5 Å². The zero-order valence-corrected chi connectivity index (χ0v) is 16.7. The lowest BCUT2D eigenvalue weighted by Crippen LogP contribution is -2.25. The van der Waals surface area contributed by atoms with Gasteiger partial charge in [0, 0.05) is 23.9 Å². The number of hydrogen-bond donors (Lipinski definition) is 0. The van der Waals surface area contributed by atoms with E-state index in [1.807, 2.05) is 11.0 Å². The molecule has 0 aliphatic carbocycles. The van der Waals surface area contributed by atoms with Crippen molar-refractivity contribution in [2.24, 2.45) is 4.99 Å². The summed E-state index contributed by atoms with van der Waals surface area (Å²) in [4.78, 5) is 6.27. The zero-order chi connectivity index (χ0) is 20.5. The summed E-state index contributed by atoms with van der Waals surface area (Å²) >= 11 is 0. The fourth-order valence-corrected chi connectivity index (χ4v) is 4.67. The molecule has 0 saturated carbocycles. The van der Waals surface area contributed by atoms with Gasteiger partial charge in [-0.15, -0.1) is 0 Å². The summed E-state index contributed by atoms with van der Waals surface area (Å²) in [5, 5.41) is 0. The average Bonchev–Trinajstić information content (AvgIpc) is 2.61. The van der Waals surface area contributed by atoms with E-state index in [1.54, 1.807) is 18.3 Å². The van der Waals surface area contributed by atoms with Crippen LogP contribution < -0.4 is 4.90 Å². The number of hydrogen-bond acceptors (Lipinski definition) is 4. The number of halogens is 2. The standard InChI is InChI=1S/C21H22F2N2O2S/c1-4-7-25-15(3)24-11-18-8-16(5-6-21(18)25)12-28(26,27)13-17-9-19(22)14(2)20(23)10-17/h5-6,8-11H,3-4,7,12-13H2,1-2H3. The van der Waals surface area contributed by atoms with Gasteiger partial charge in [0.05, 0.1) is 17.2 Å². The highest BCUT2D eigenvalue weighted by Gasteiger charge is 2.20. The molecule has 0 aromatic heterocycles. The van der Waals surface area contributed by atoms with Crippen LogP contribution in [-0.2, 0) is 21.3 Å². The second kappa shape index (κ2) is 7.83. The van der Waals surface area contributed by atoms with Gasteiger partial charge < -0.3 is 4.90 Å². The van der Waals surface area contributed by atoms with Crippen molar-refractivity contribution < 1.29 is 17.2 Å². The summed E-state index contributed by atoms with van der Waals surface area (Å²) in [6.07, 6.45) is 2.60. The topological polar surface area (TPSA) is 49.7 Å². The van der Waals surface area contributed by atoms with E-state index in [9.17, 15) is 17.2 Å².